The van der Waals surface area contributed by atoms with Gasteiger partial charge in [-0.15, -0.1) is 0 Å². The van der Waals surface area contributed by atoms with Gasteiger partial charge in [-0.25, -0.2) is 0 Å². The van der Waals surface area contributed by atoms with Crippen LogP contribution in [0.4, 0.5) is 24.5 Å². The van der Waals surface area contributed by atoms with Crippen LogP contribution in [-0.2, 0) is 15.8 Å². The number of nitrogens with zero attached hydrogens (tertiary/aromatic N) is 2. The third-order valence-corrected chi connectivity index (χ3v) is 4.86. The lowest BCUT2D eigenvalue weighted by atomic mass is 10.1. The van der Waals surface area contributed by atoms with Crippen LogP contribution in [0.15, 0.2) is 36.4 Å². The van der Waals surface area contributed by atoms with Crippen LogP contribution in [0, 0.1) is 31.1 Å². The molecule has 2 aromatic carbocycles. The van der Waals surface area contributed by atoms with Crippen LogP contribution in [0.2, 0.25) is 0 Å². The Hall–Kier alpha value is -3.34. The van der Waals surface area contributed by atoms with E-state index in [1.165, 1.54) is 6.07 Å². The van der Waals surface area contributed by atoms with E-state index in [4.69, 9.17) is 5.26 Å². The van der Waals surface area contributed by atoms with Crippen molar-refractivity contribution in [3.63, 3.8) is 0 Å². The van der Waals surface area contributed by atoms with Crippen LogP contribution in [0.25, 0.3) is 0 Å². The zero-order chi connectivity index (χ0) is 21.3. The first-order chi connectivity index (χ1) is 13.6. The van der Waals surface area contributed by atoms with Gasteiger partial charge >= 0.3 is 6.18 Å². The predicted molar refractivity (Wildman–Crippen MR) is 101 cm³/mol. The van der Waals surface area contributed by atoms with Gasteiger partial charge < -0.3 is 10.2 Å². The zero-order valence-corrected chi connectivity index (χ0v) is 15.8. The van der Waals surface area contributed by atoms with Crippen molar-refractivity contribution in [2.24, 2.45) is 5.92 Å². The summed E-state index contributed by atoms with van der Waals surface area (Å²) in [7, 11) is 0. The zero-order valence-electron chi connectivity index (χ0n) is 15.8. The SMILES string of the molecule is Cc1cccc(C)c1N1CC(C(=O)Nc2cc(C#N)cc(C(F)(F)F)c2)CC1=O. The highest BCUT2D eigenvalue weighted by Crippen LogP contribution is 2.33. The van der Waals surface area contributed by atoms with Gasteiger partial charge in [-0.1, -0.05) is 18.2 Å². The smallest absolute Gasteiger partial charge is 0.326 e. The molecule has 1 aliphatic heterocycles. The molecule has 8 heteroatoms. The number of amides is 2. The molecule has 1 heterocycles. The van der Waals surface area contributed by atoms with Gasteiger partial charge in [0.05, 0.1) is 23.1 Å². The molecule has 1 saturated heterocycles. The van der Waals surface area contributed by atoms with Crippen LogP contribution in [0.5, 0.6) is 0 Å². The Kier molecular flexibility index (Phi) is 5.33. The van der Waals surface area contributed by atoms with Gasteiger partial charge in [0.15, 0.2) is 0 Å². The van der Waals surface area contributed by atoms with Crippen molar-refractivity contribution in [3.8, 4) is 6.07 Å². The number of rotatable bonds is 3. The van der Waals surface area contributed by atoms with Crippen molar-refractivity contribution < 1.29 is 22.8 Å². The Morgan fingerprint density at radius 1 is 1.21 bits per heavy atom. The first-order valence-corrected chi connectivity index (χ1v) is 8.90. The van der Waals surface area contributed by atoms with Crippen molar-refractivity contribution in [1.82, 2.24) is 0 Å². The number of aryl methyl sites for hydroxylation is 2. The minimum Gasteiger partial charge on any atom is -0.326 e. The summed E-state index contributed by atoms with van der Waals surface area (Å²) in [5.74, 6) is -1.49. The van der Waals surface area contributed by atoms with E-state index in [0.717, 1.165) is 28.9 Å². The topological polar surface area (TPSA) is 73.2 Å². The molecule has 150 valence electrons. The van der Waals surface area contributed by atoms with Gasteiger partial charge in [0.1, 0.15) is 0 Å². The number of para-hydroxylation sites is 1. The molecule has 2 amide bonds. The highest BCUT2D eigenvalue weighted by molar-refractivity contribution is 6.04. The standard InChI is InChI=1S/C21H18F3N3O2/c1-12-4-3-5-13(2)19(12)27-11-15(8-18(27)28)20(29)26-17-7-14(10-25)6-16(9-17)21(22,23)24/h3-7,9,15H,8,11H2,1-2H3,(H,26,29). The quantitative estimate of drug-likeness (QED) is 0.838. The molecule has 0 spiro atoms. The van der Waals surface area contributed by atoms with E-state index < -0.39 is 23.6 Å². The number of anilines is 2. The Morgan fingerprint density at radius 2 is 1.86 bits per heavy atom. The molecule has 5 nitrogen and oxygen atoms in total. The Labute approximate surface area is 165 Å². The number of hydrogen-bond donors (Lipinski definition) is 1. The number of alkyl halides is 3. The summed E-state index contributed by atoms with van der Waals surface area (Å²) in [4.78, 5) is 26.6. The lowest BCUT2D eigenvalue weighted by Gasteiger charge is -2.21. The minimum atomic E-state index is -4.64. The highest BCUT2D eigenvalue weighted by atomic mass is 19.4. The normalized spacial score (nSPS) is 16.6. The molecule has 0 aliphatic carbocycles. The fraction of sp³-hybridized carbons (Fsp3) is 0.286. The highest BCUT2D eigenvalue weighted by Gasteiger charge is 2.37. The average Bonchev–Trinajstić information content (AvgIpc) is 3.02. The van der Waals surface area contributed by atoms with E-state index in [1.54, 1.807) is 11.0 Å². The molecule has 1 fully saturated rings. The van der Waals surface area contributed by atoms with E-state index in [9.17, 15) is 22.8 Å². The number of benzene rings is 2. The average molecular weight is 401 g/mol. The maximum absolute atomic E-state index is 13.0. The fourth-order valence-electron chi connectivity index (χ4n) is 3.50. The monoisotopic (exact) mass is 401 g/mol. The Balaban J connectivity index is 1.81. The van der Waals surface area contributed by atoms with Crippen molar-refractivity contribution in [1.29, 1.82) is 5.26 Å². The Morgan fingerprint density at radius 3 is 2.45 bits per heavy atom. The molecule has 1 aliphatic rings. The molecular formula is C21H18F3N3O2. The van der Waals surface area contributed by atoms with E-state index >= 15 is 0 Å². The summed E-state index contributed by atoms with van der Waals surface area (Å²) in [6.45, 7) is 3.88. The van der Waals surface area contributed by atoms with Crippen LogP contribution < -0.4 is 10.2 Å². The summed E-state index contributed by atoms with van der Waals surface area (Å²) >= 11 is 0. The largest absolute Gasteiger partial charge is 0.416 e. The maximum Gasteiger partial charge on any atom is 0.416 e. The molecule has 1 unspecified atom stereocenters. The van der Waals surface area contributed by atoms with E-state index in [2.05, 4.69) is 5.32 Å². The molecular weight excluding hydrogens is 383 g/mol. The molecule has 0 radical (unpaired) electrons. The van der Waals surface area contributed by atoms with Crippen molar-refractivity contribution in [3.05, 3.63) is 58.7 Å². The second-order valence-corrected chi connectivity index (χ2v) is 7.04. The van der Waals surface area contributed by atoms with Gasteiger partial charge in [0.2, 0.25) is 11.8 Å². The van der Waals surface area contributed by atoms with Crippen LogP contribution in [0.1, 0.15) is 28.7 Å². The second-order valence-electron chi connectivity index (χ2n) is 7.04. The first-order valence-electron chi connectivity index (χ1n) is 8.90. The van der Waals surface area contributed by atoms with E-state index in [1.807, 2.05) is 32.0 Å². The molecule has 2 aromatic rings. The lowest BCUT2D eigenvalue weighted by Crippen LogP contribution is -2.29. The first kappa shape index (κ1) is 20.4. The van der Waals surface area contributed by atoms with Crippen molar-refractivity contribution >= 4 is 23.2 Å². The molecule has 0 bridgehead atoms. The van der Waals surface area contributed by atoms with Gasteiger partial charge in [-0.2, -0.15) is 18.4 Å². The molecule has 0 aromatic heterocycles. The van der Waals surface area contributed by atoms with E-state index in [-0.39, 0.29) is 30.1 Å². The summed E-state index contributed by atoms with van der Waals surface area (Å²) < 4.78 is 39.0. The van der Waals surface area contributed by atoms with E-state index in [0.29, 0.717) is 0 Å². The number of nitrogens with one attached hydrogen (secondary N) is 1. The van der Waals surface area contributed by atoms with Gasteiger partial charge in [-0.3, -0.25) is 9.59 Å². The van der Waals surface area contributed by atoms with Crippen molar-refractivity contribution in [2.45, 2.75) is 26.4 Å². The summed E-state index contributed by atoms with van der Waals surface area (Å²) in [6.07, 6.45) is -4.68. The van der Waals surface area contributed by atoms with Gasteiger partial charge in [-0.05, 0) is 43.2 Å². The number of nitriles is 1. The molecule has 1 atom stereocenters. The number of hydrogen-bond acceptors (Lipinski definition) is 3. The number of carbonyl (C=O) groups excluding carboxylic acids is 2. The van der Waals surface area contributed by atoms with Gasteiger partial charge in [0.25, 0.3) is 0 Å². The molecule has 3 rings (SSSR count). The summed E-state index contributed by atoms with van der Waals surface area (Å²) in [6, 6.07) is 9.94. The van der Waals surface area contributed by atoms with Gasteiger partial charge in [0, 0.05) is 24.3 Å². The van der Waals surface area contributed by atoms with Crippen LogP contribution in [-0.4, -0.2) is 18.4 Å². The lowest BCUT2D eigenvalue weighted by molar-refractivity contribution is -0.137. The summed E-state index contributed by atoms with van der Waals surface area (Å²) in [5, 5.41) is 11.4. The van der Waals surface area contributed by atoms with Crippen LogP contribution >= 0.6 is 0 Å². The fourth-order valence-corrected chi connectivity index (χ4v) is 3.50. The van der Waals surface area contributed by atoms with Crippen LogP contribution in [0.3, 0.4) is 0 Å². The molecule has 1 N–H and O–H groups in total. The number of halogens is 3. The third-order valence-electron chi connectivity index (χ3n) is 4.86. The van der Waals surface area contributed by atoms with Crippen molar-refractivity contribution in [2.75, 3.05) is 16.8 Å². The third kappa shape index (κ3) is 4.24. The summed E-state index contributed by atoms with van der Waals surface area (Å²) in [5.41, 5.74) is 1.19. The minimum absolute atomic E-state index is 0.0380. The molecule has 0 saturated carbocycles. The molecule has 29 heavy (non-hydrogen) atoms. The number of carbonyl (C=O) groups is 2. The predicted octanol–water partition coefficient (Wildman–Crippen LogP) is 4.19. The Bertz CT molecular complexity index is 1000. The maximum atomic E-state index is 13.0. The second kappa shape index (κ2) is 7.59.